The maximum atomic E-state index is 12.5. The third kappa shape index (κ3) is 3.98. The molecule has 1 aromatic carbocycles. The number of nitrogens with zero attached hydrogens (tertiary/aromatic N) is 3. The van der Waals surface area contributed by atoms with Crippen LogP contribution in [0.4, 0.5) is 0 Å². The van der Waals surface area contributed by atoms with Crippen LogP contribution in [-0.4, -0.2) is 59.0 Å². The molecule has 7 heteroatoms. The van der Waals surface area contributed by atoms with Gasteiger partial charge in [-0.05, 0) is 12.0 Å². The molecule has 0 spiro atoms. The smallest absolute Gasteiger partial charge is 0.249 e. The largest absolute Gasteiger partial charge is 0.380 e. The molecule has 3 rings (SSSR count). The van der Waals surface area contributed by atoms with Gasteiger partial charge in [0, 0.05) is 20.1 Å². The Labute approximate surface area is 141 Å². The van der Waals surface area contributed by atoms with Gasteiger partial charge in [-0.15, -0.1) is 0 Å². The lowest BCUT2D eigenvalue weighted by atomic mass is 10.2. The number of carbonyl (C=O) groups is 1. The van der Waals surface area contributed by atoms with Gasteiger partial charge in [-0.3, -0.25) is 9.89 Å². The van der Waals surface area contributed by atoms with Crippen molar-refractivity contribution in [2.24, 2.45) is 0 Å². The molecule has 1 N–H and O–H groups in total. The molecule has 1 fully saturated rings. The quantitative estimate of drug-likeness (QED) is 0.775. The van der Waals surface area contributed by atoms with Crippen LogP contribution >= 0.6 is 0 Å². The summed E-state index contributed by atoms with van der Waals surface area (Å²) in [5, 5.41) is 6.72. The molecule has 0 unspecified atom stereocenters. The lowest BCUT2D eigenvalue weighted by Gasteiger charge is -2.22. The monoisotopic (exact) mass is 330 g/mol. The molecule has 0 bridgehead atoms. The number of amides is 1. The van der Waals surface area contributed by atoms with Gasteiger partial charge in [0.2, 0.25) is 5.91 Å². The Morgan fingerprint density at radius 1 is 1.38 bits per heavy atom. The van der Waals surface area contributed by atoms with Crippen molar-refractivity contribution in [3.63, 3.8) is 0 Å². The molecule has 0 saturated carbocycles. The van der Waals surface area contributed by atoms with E-state index < -0.39 is 0 Å². The van der Waals surface area contributed by atoms with Gasteiger partial charge in [0.25, 0.3) is 0 Å². The normalized spacial score (nSPS) is 20.5. The first-order valence-corrected chi connectivity index (χ1v) is 8.07. The first kappa shape index (κ1) is 16.6. The maximum absolute atomic E-state index is 12.5. The predicted octanol–water partition coefficient (Wildman–Crippen LogP) is 1.35. The van der Waals surface area contributed by atoms with Crippen molar-refractivity contribution in [3.05, 3.63) is 48.0 Å². The van der Waals surface area contributed by atoms with Crippen LogP contribution in [0.5, 0.6) is 0 Å². The SMILES string of the molecule is CO[C@@H]1C[C@@H](c2ncn[nH]2)N(C(=O)COCCc2ccccc2)C1. The first-order valence-electron chi connectivity index (χ1n) is 8.07. The summed E-state index contributed by atoms with van der Waals surface area (Å²) < 4.78 is 11.0. The lowest BCUT2D eigenvalue weighted by molar-refractivity contribution is -0.137. The number of likely N-dealkylation sites (tertiary alicyclic amines) is 1. The lowest BCUT2D eigenvalue weighted by Crippen LogP contribution is -2.35. The number of carbonyl (C=O) groups excluding carboxylic acids is 1. The van der Waals surface area contributed by atoms with Crippen LogP contribution in [-0.2, 0) is 20.7 Å². The molecule has 2 heterocycles. The number of rotatable bonds is 7. The topological polar surface area (TPSA) is 80.3 Å². The minimum absolute atomic E-state index is 0.00775. The van der Waals surface area contributed by atoms with Gasteiger partial charge in [0.1, 0.15) is 18.8 Å². The van der Waals surface area contributed by atoms with Gasteiger partial charge in [0.15, 0.2) is 0 Å². The number of H-pyrrole nitrogens is 1. The van der Waals surface area contributed by atoms with Gasteiger partial charge in [-0.2, -0.15) is 5.10 Å². The highest BCUT2D eigenvalue weighted by atomic mass is 16.5. The second-order valence-electron chi connectivity index (χ2n) is 5.81. The molecular formula is C17H22N4O3. The summed E-state index contributed by atoms with van der Waals surface area (Å²) in [6, 6.07) is 9.94. The van der Waals surface area contributed by atoms with E-state index in [4.69, 9.17) is 9.47 Å². The van der Waals surface area contributed by atoms with Crippen molar-refractivity contribution in [2.75, 3.05) is 26.9 Å². The molecule has 2 atom stereocenters. The predicted molar refractivity (Wildman–Crippen MR) is 87.2 cm³/mol. The summed E-state index contributed by atoms with van der Waals surface area (Å²) in [5.74, 6) is 0.635. The van der Waals surface area contributed by atoms with E-state index in [9.17, 15) is 4.79 Å². The maximum Gasteiger partial charge on any atom is 0.249 e. The molecule has 128 valence electrons. The number of ether oxygens (including phenoxy) is 2. The summed E-state index contributed by atoms with van der Waals surface area (Å²) in [5.41, 5.74) is 1.20. The molecule has 1 aliphatic rings. The van der Waals surface area contributed by atoms with E-state index in [1.54, 1.807) is 12.0 Å². The Morgan fingerprint density at radius 3 is 2.92 bits per heavy atom. The molecule has 1 aromatic heterocycles. The van der Waals surface area contributed by atoms with Crippen molar-refractivity contribution in [2.45, 2.75) is 25.0 Å². The Bertz CT molecular complexity index is 633. The van der Waals surface area contributed by atoms with Crippen LogP contribution in [0.25, 0.3) is 0 Å². The van der Waals surface area contributed by atoms with Crippen LogP contribution in [0.3, 0.4) is 0 Å². The Hall–Kier alpha value is -2.25. The Morgan fingerprint density at radius 2 is 2.21 bits per heavy atom. The average Bonchev–Trinajstić information content (AvgIpc) is 3.28. The molecule has 2 aromatic rings. The van der Waals surface area contributed by atoms with E-state index in [2.05, 4.69) is 27.3 Å². The van der Waals surface area contributed by atoms with Crippen LogP contribution in [0.1, 0.15) is 23.9 Å². The Kier molecular flexibility index (Phi) is 5.55. The average molecular weight is 330 g/mol. The number of aromatic nitrogens is 3. The number of benzene rings is 1. The fraction of sp³-hybridized carbons (Fsp3) is 0.471. The zero-order chi connectivity index (χ0) is 16.8. The second-order valence-corrected chi connectivity index (χ2v) is 5.81. The minimum atomic E-state index is -0.136. The standard InChI is InChI=1S/C17H22N4O3/c1-23-14-9-15(17-18-12-19-20-17)21(10-14)16(22)11-24-8-7-13-5-3-2-4-6-13/h2-6,12,14-15H,7-11H2,1H3,(H,18,19,20)/t14-,15+/m1/s1. The van der Waals surface area contributed by atoms with E-state index in [1.807, 2.05) is 18.2 Å². The van der Waals surface area contributed by atoms with Gasteiger partial charge < -0.3 is 14.4 Å². The fourth-order valence-electron chi connectivity index (χ4n) is 2.96. The van der Waals surface area contributed by atoms with Crippen LogP contribution in [0.15, 0.2) is 36.7 Å². The van der Waals surface area contributed by atoms with Crippen molar-refractivity contribution >= 4 is 5.91 Å². The van der Waals surface area contributed by atoms with Crippen LogP contribution in [0, 0.1) is 0 Å². The molecule has 1 aliphatic heterocycles. The number of hydrogen-bond donors (Lipinski definition) is 1. The molecule has 7 nitrogen and oxygen atoms in total. The molecule has 24 heavy (non-hydrogen) atoms. The summed E-state index contributed by atoms with van der Waals surface area (Å²) in [7, 11) is 1.66. The van der Waals surface area contributed by atoms with E-state index in [1.165, 1.54) is 11.9 Å². The van der Waals surface area contributed by atoms with E-state index >= 15 is 0 Å². The molecule has 1 amide bonds. The summed E-state index contributed by atoms with van der Waals surface area (Å²) >= 11 is 0. The van der Waals surface area contributed by atoms with E-state index in [0.717, 1.165) is 6.42 Å². The Balaban J connectivity index is 1.51. The van der Waals surface area contributed by atoms with Crippen molar-refractivity contribution in [1.82, 2.24) is 20.1 Å². The molecule has 0 radical (unpaired) electrons. The highest BCUT2D eigenvalue weighted by Crippen LogP contribution is 2.31. The van der Waals surface area contributed by atoms with Gasteiger partial charge in [-0.1, -0.05) is 30.3 Å². The van der Waals surface area contributed by atoms with Crippen molar-refractivity contribution in [3.8, 4) is 0 Å². The highest BCUT2D eigenvalue weighted by molar-refractivity contribution is 5.78. The first-order chi connectivity index (χ1) is 11.8. The number of aromatic amines is 1. The number of nitrogens with one attached hydrogen (secondary N) is 1. The summed E-state index contributed by atoms with van der Waals surface area (Å²) in [6.07, 6.45) is 2.96. The molecular weight excluding hydrogens is 308 g/mol. The van der Waals surface area contributed by atoms with E-state index in [0.29, 0.717) is 25.4 Å². The van der Waals surface area contributed by atoms with E-state index in [-0.39, 0.29) is 24.7 Å². The van der Waals surface area contributed by atoms with Crippen molar-refractivity contribution < 1.29 is 14.3 Å². The summed E-state index contributed by atoms with van der Waals surface area (Å²) in [6.45, 7) is 1.13. The number of hydrogen-bond acceptors (Lipinski definition) is 5. The minimum Gasteiger partial charge on any atom is -0.380 e. The summed E-state index contributed by atoms with van der Waals surface area (Å²) in [4.78, 5) is 18.4. The molecule has 1 saturated heterocycles. The van der Waals surface area contributed by atoms with Gasteiger partial charge in [-0.25, -0.2) is 4.98 Å². The molecule has 0 aliphatic carbocycles. The zero-order valence-electron chi connectivity index (χ0n) is 13.7. The van der Waals surface area contributed by atoms with Crippen molar-refractivity contribution in [1.29, 1.82) is 0 Å². The van der Waals surface area contributed by atoms with Gasteiger partial charge in [0.05, 0.1) is 18.8 Å². The third-order valence-electron chi connectivity index (χ3n) is 4.27. The third-order valence-corrected chi connectivity index (χ3v) is 4.27. The number of methoxy groups -OCH3 is 1. The zero-order valence-corrected chi connectivity index (χ0v) is 13.7. The van der Waals surface area contributed by atoms with Gasteiger partial charge >= 0.3 is 0 Å². The second kappa shape index (κ2) is 8.03. The highest BCUT2D eigenvalue weighted by Gasteiger charge is 2.37. The fourth-order valence-corrected chi connectivity index (χ4v) is 2.96. The van der Waals surface area contributed by atoms with Crippen LogP contribution in [0.2, 0.25) is 0 Å². The van der Waals surface area contributed by atoms with Crippen LogP contribution < -0.4 is 0 Å².